The Bertz CT molecular complexity index is 523. The van der Waals surface area contributed by atoms with Gasteiger partial charge in [0.15, 0.2) is 0 Å². The number of halogens is 1. The van der Waals surface area contributed by atoms with Gasteiger partial charge in [-0.05, 0) is 51.4 Å². The Balaban J connectivity index is 2.15. The summed E-state index contributed by atoms with van der Waals surface area (Å²) < 4.78 is 6.38. The zero-order valence-electron chi connectivity index (χ0n) is 10.8. The molecule has 0 aliphatic carbocycles. The van der Waals surface area contributed by atoms with Crippen molar-refractivity contribution in [1.82, 2.24) is 0 Å². The van der Waals surface area contributed by atoms with Crippen molar-refractivity contribution in [2.24, 2.45) is 0 Å². The fourth-order valence-electron chi connectivity index (χ4n) is 2.10. The molecule has 1 unspecified atom stereocenters. The van der Waals surface area contributed by atoms with Gasteiger partial charge in [0.1, 0.15) is 0 Å². The Labute approximate surface area is 127 Å². The van der Waals surface area contributed by atoms with Crippen LogP contribution >= 0.6 is 22.6 Å². The lowest BCUT2D eigenvalue weighted by molar-refractivity contribution is 0.161. The zero-order chi connectivity index (χ0) is 13.7. The molecule has 3 heteroatoms. The van der Waals surface area contributed by atoms with E-state index in [2.05, 4.69) is 46.9 Å². The minimum absolute atomic E-state index is 0.494. The first-order valence-electron chi connectivity index (χ1n) is 6.20. The van der Waals surface area contributed by atoms with Gasteiger partial charge in [-0.25, -0.2) is 0 Å². The third kappa shape index (κ3) is 4.03. The number of rotatable bonds is 5. The van der Waals surface area contributed by atoms with Crippen molar-refractivity contribution in [3.8, 4) is 0 Å². The summed E-state index contributed by atoms with van der Waals surface area (Å²) in [5.41, 5.74) is 3.13. The molecule has 0 spiro atoms. The standard InChI is InChI=1S/C16H17IO2/c1-19-11-13-4-2-3-5-15(13)16(18)10-12-6-8-14(17)9-7-12/h2-9,16,18H,10-11H2,1H3. The molecule has 2 nitrogen and oxygen atoms in total. The summed E-state index contributed by atoms with van der Waals surface area (Å²) in [4.78, 5) is 0. The van der Waals surface area contributed by atoms with Crippen LogP contribution in [0.4, 0.5) is 0 Å². The van der Waals surface area contributed by atoms with E-state index < -0.39 is 6.10 Å². The van der Waals surface area contributed by atoms with Gasteiger partial charge in [0.05, 0.1) is 12.7 Å². The summed E-state index contributed by atoms with van der Waals surface area (Å²) >= 11 is 2.28. The van der Waals surface area contributed by atoms with Crippen LogP contribution in [0.5, 0.6) is 0 Å². The van der Waals surface area contributed by atoms with E-state index in [4.69, 9.17) is 4.74 Å². The van der Waals surface area contributed by atoms with Gasteiger partial charge in [-0.1, -0.05) is 36.4 Å². The van der Waals surface area contributed by atoms with Crippen molar-refractivity contribution in [2.45, 2.75) is 19.1 Å². The third-order valence-corrected chi connectivity index (χ3v) is 3.78. The quantitative estimate of drug-likeness (QED) is 0.816. The Morgan fingerprint density at radius 2 is 1.79 bits per heavy atom. The number of hydrogen-bond donors (Lipinski definition) is 1. The average molecular weight is 368 g/mol. The Morgan fingerprint density at radius 1 is 1.11 bits per heavy atom. The van der Waals surface area contributed by atoms with Crippen molar-refractivity contribution in [3.05, 3.63) is 68.8 Å². The van der Waals surface area contributed by atoms with E-state index in [-0.39, 0.29) is 0 Å². The van der Waals surface area contributed by atoms with Crippen LogP contribution in [-0.2, 0) is 17.8 Å². The highest BCUT2D eigenvalue weighted by molar-refractivity contribution is 14.1. The highest BCUT2D eigenvalue weighted by atomic mass is 127. The maximum atomic E-state index is 10.4. The molecule has 1 atom stereocenters. The predicted octanol–water partition coefficient (Wildman–Crippen LogP) is 3.71. The van der Waals surface area contributed by atoms with E-state index in [1.807, 2.05) is 24.3 Å². The topological polar surface area (TPSA) is 29.5 Å². The number of methoxy groups -OCH3 is 1. The lowest BCUT2D eigenvalue weighted by Crippen LogP contribution is -2.06. The lowest BCUT2D eigenvalue weighted by atomic mass is 9.97. The van der Waals surface area contributed by atoms with Crippen LogP contribution in [0.2, 0.25) is 0 Å². The van der Waals surface area contributed by atoms with Crippen LogP contribution in [0.3, 0.4) is 0 Å². The van der Waals surface area contributed by atoms with Crippen molar-refractivity contribution in [3.63, 3.8) is 0 Å². The first-order chi connectivity index (χ1) is 9.20. The lowest BCUT2D eigenvalue weighted by Gasteiger charge is -2.15. The number of hydrogen-bond acceptors (Lipinski definition) is 2. The molecular weight excluding hydrogens is 351 g/mol. The fraction of sp³-hybridized carbons (Fsp3) is 0.250. The van der Waals surface area contributed by atoms with E-state index in [1.165, 1.54) is 3.57 Å². The maximum Gasteiger partial charge on any atom is 0.0833 e. The molecule has 2 rings (SSSR count). The van der Waals surface area contributed by atoms with E-state index in [0.717, 1.165) is 16.7 Å². The van der Waals surface area contributed by atoms with Gasteiger partial charge in [0.25, 0.3) is 0 Å². The summed E-state index contributed by atoms with van der Waals surface area (Å²) in [6.45, 7) is 0.528. The molecule has 100 valence electrons. The van der Waals surface area contributed by atoms with Crippen LogP contribution in [0.1, 0.15) is 22.8 Å². The third-order valence-electron chi connectivity index (χ3n) is 3.06. The van der Waals surface area contributed by atoms with Crippen molar-refractivity contribution in [2.75, 3.05) is 7.11 Å². The molecule has 19 heavy (non-hydrogen) atoms. The molecule has 0 aliphatic heterocycles. The SMILES string of the molecule is COCc1ccccc1C(O)Cc1ccc(I)cc1. The molecule has 0 amide bonds. The molecule has 0 heterocycles. The fourth-order valence-corrected chi connectivity index (χ4v) is 2.46. The Morgan fingerprint density at radius 3 is 2.47 bits per heavy atom. The first-order valence-corrected chi connectivity index (χ1v) is 7.28. The average Bonchev–Trinajstić information content (AvgIpc) is 2.42. The van der Waals surface area contributed by atoms with Gasteiger partial charge in [0, 0.05) is 17.1 Å². The maximum absolute atomic E-state index is 10.4. The normalized spacial score (nSPS) is 12.4. The summed E-state index contributed by atoms with van der Waals surface area (Å²) in [6, 6.07) is 16.1. The predicted molar refractivity (Wildman–Crippen MR) is 85.0 cm³/mol. The van der Waals surface area contributed by atoms with Crippen LogP contribution in [0.15, 0.2) is 48.5 Å². The molecule has 0 fully saturated rings. The largest absolute Gasteiger partial charge is 0.388 e. The Hall–Kier alpha value is -0.910. The second-order valence-electron chi connectivity index (χ2n) is 4.48. The molecule has 2 aromatic carbocycles. The zero-order valence-corrected chi connectivity index (χ0v) is 13.0. The van der Waals surface area contributed by atoms with Crippen molar-refractivity contribution >= 4 is 22.6 Å². The summed E-state index contributed by atoms with van der Waals surface area (Å²) in [5, 5.41) is 10.4. The van der Waals surface area contributed by atoms with Gasteiger partial charge in [-0.3, -0.25) is 0 Å². The number of aliphatic hydroxyl groups excluding tert-OH is 1. The molecule has 0 saturated carbocycles. The molecule has 0 aliphatic rings. The van der Waals surface area contributed by atoms with Gasteiger partial charge >= 0.3 is 0 Å². The first kappa shape index (κ1) is 14.5. The van der Waals surface area contributed by atoms with Gasteiger partial charge in [0.2, 0.25) is 0 Å². The highest BCUT2D eigenvalue weighted by Crippen LogP contribution is 2.23. The second-order valence-corrected chi connectivity index (χ2v) is 5.72. The van der Waals surface area contributed by atoms with E-state index >= 15 is 0 Å². The monoisotopic (exact) mass is 368 g/mol. The molecule has 1 N–H and O–H groups in total. The van der Waals surface area contributed by atoms with E-state index in [9.17, 15) is 5.11 Å². The van der Waals surface area contributed by atoms with Crippen molar-refractivity contribution < 1.29 is 9.84 Å². The number of aliphatic hydroxyl groups is 1. The van der Waals surface area contributed by atoms with Crippen molar-refractivity contribution in [1.29, 1.82) is 0 Å². The minimum atomic E-state index is -0.494. The van der Waals surface area contributed by atoms with E-state index in [1.54, 1.807) is 7.11 Å². The van der Waals surface area contributed by atoms with E-state index in [0.29, 0.717) is 13.0 Å². The molecule has 0 radical (unpaired) electrons. The molecule has 2 aromatic rings. The number of ether oxygens (including phenoxy) is 1. The Kier molecular flexibility index (Phi) is 5.36. The summed E-state index contributed by atoms with van der Waals surface area (Å²) in [7, 11) is 1.67. The second kappa shape index (κ2) is 7.03. The summed E-state index contributed by atoms with van der Waals surface area (Å²) in [5.74, 6) is 0. The number of benzene rings is 2. The molecule has 0 saturated heterocycles. The molecule has 0 bridgehead atoms. The van der Waals surface area contributed by atoms with Crippen LogP contribution in [0, 0.1) is 3.57 Å². The van der Waals surface area contributed by atoms with Crippen LogP contribution < -0.4 is 0 Å². The van der Waals surface area contributed by atoms with Gasteiger partial charge in [-0.2, -0.15) is 0 Å². The minimum Gasteiger partial charge on any atom is -0.388 e. The van der Waals surface area contributed by atoms with Gasteiger partial charge < -0.3 is 9.84 Å². The van der Waals surface area contributed by atoms with Crippen LogP contribution in [0.25, 0.3) is 0 Å². The highest BCUT2D eigenvalue weighted by Gasteiger charge is 2.12. The van der Waals surface area contributed by atoms with Crippen LogP contribution in [-0.4, -0.2) is 12.2 Å². The molecular formula is C16H17IO2. The molecule has 0 aromatic heterocycles. The van der Waals surface area contributed by atoms with Gasteiger partial charge in [-0.15, -0.1) is 0 Å². The smallest absolute Gasteiger partial charge is 0.0833 e. The summed E-state index contributed by atoms with van der Waals surface area (Å²) in [6.07, 6.45) is 0.129.